The number of carbonyl (C=O) groups is 1. The molecule has 2 fully saturated rings. The Bertz CT molecular complexity index is 1630. The first-order chi connectivity index (χ1) is 20.3. The van der Waals surface area contributed by atoms with E-state index in [-0.39, 0.29) is 11.2 Å². The lowest BCUT2D eigenvalue weighted by molar-refractivity contribution is 0.0898. The summed E-state index contributed by atoms with van der Waals surface area (Å²) in [5.74, 6) is 1.57. The van der Waals surface area contributed by atoms with Gasteiger partial charge < -0.3 is 9.64 Å². The van der Waals surface area contributed by atoms with Crippen molar-refractivity contribution >= 4 is 28.7 Å². The summed E-state index contributed by atoms with van der Waals surface area (Å²) in [7, 11) is 0. The van der Waals surface area contributed by atoms with E-state index in [0.29, 0.717) is 46.1 Å². The molecule has 2 saturated heterocycles. The highest BCUT2D eigenvalue weighted by Gasteiger charge is 2.34. The van der Waals surface area contributed by atoms with Crippen LogP contribution in [-0.2, 0) is 0 Å². The molecule has 0 amide bonds. The molecule has 216 valence electrons. The van der Waals surface area contributed by atoms with Gasteiger partial charge in [-0.25, -0.2) is 9.50 Å². The van der Waals surface area contributed by atoms with E-state index < -0.39 is 0 Å². The van der Waals surface area contributed by atoms with Gasteiger partial charge in [0.15, 0.2) is 5.78 Å². The van der Waals surface area contributed by atoms with E-state index in [1.807, 2.05) is 25.1 Å². The van der Waals surface area contributed by atoms with Gasteiger partial charge in [0.25, 0.3) is 0 Å². The Kier molecular flexibility index (Phi) is 7.84. The maximum atomic E-state index is 13.2. The maximum absolute atomic E-state index is 13.2. The van der Waals surface area contributed by atoms with Crippen LogP contribution in [-0.4, -0.2) is 69.6 Å². The van der Waals surface area contributed by atoms with Crippen LogP contribution in [0, 0.1) is 23.7 Å². The molecule has 0 bridgehead atoms. The van der Waals surface area contributed by atoms with E-state index in [2.05, 4.69) is 27.9 Å². The third kappa shape index (κ3) is 5.69. The number of rotatable bonds is 9. The Morgan fingerprint density at radius 2 is 1.95 bits per heavy atom. The Balaban J connectivity index is 1.15. The molecule has 42 heavy (non-hydrogen) atoms. The molecule has 4 aromatic rings. The smallest absolute Gasteiger partial charge is 0.165 e. The van der Waals surface area contributed by atoms with Crippen molar-refractivity contribution < 1.29 is 9.53 Å². The van der Waals surface area contributed by atoms with E-state index in [9.17, 15) is 10.1 Å². The van der Waals surface area contributed by atoms with E-state index in [1.165, 1.54) is 6.42 Å². The third-order valence-electron chi connectivity index (χ3n) is 8.63. The molecule has 6 rings (SSSR count). The number of hydrogen-bond acceptors (Lipinski definition) is 8. The van der Waals surface area contributed by atoms with Crippen molar-refractivity contribution in [3.63, 3.8) is 0 Å². The van der Waals surface area contributed by atoms with E-state index in [1.54, 1.807) is 35.4 Å². The minimum Gasteiger partial charge on any atom is -0.491 e. The van der Waals surface area contributed by atoms with Crippen LogP contribution in [0.3, 0.4) is 0 Å². The number of Topliss-reactive ketones (excluding diaryl/α,β-unsaturated/α-hetero) is 1. The number of pyridine rings is 1. The molecule has 0 unspecified atom stereocenters. The van der Waals surface area contributed by atoms with Gasteiger partial charge in [-0.15, -0.1) is 0 Å². The van der Waals surface area contributed by atoms with Crippen LogP contribution in [0.5, 0.6) is 5.75 Å². The van der Waals surface area contributed by atoms with Crippen LogP contribution in [0.4, 0.5) is 5.82 Å². The first-order valence-corrected chi connectivity index (χ1v) is 14.8. The summed E-state index contributed by atoms with van der Waals surface area (Å²) in [5, 5.41) is 14.6. The van der Waals surface area contributed by atoms with Gasteiger partial charge in [-0.1, -0.05) is 30.7 Å². The number of nitrogens with zero attached hydrogens (tertiary/aromatic N) is 7. The zero-order valence-electron chi connectivity index (χ0n) is 24.0. The van der Waals surface area contributed by atoms with Gasteiger partial charge in [-0.2, -0.15) is 10.4 Å². The van der Waals surface area contributed by atoms with Crippen molar-refractivity contribution in [2.45, 2.75) is 39.5 Å². The lowest BCUT2D eigenvalue weighted by Gasteiger charge is -2.39. The minimum absolute atomic E-state index is 0.105. The van der Waals surface area contributed by atoms with Crippen LogP contribution in [0.25, 0.3) is 16.8 Å². The number of nitriles is 1. The maximum Gasteiger partial charge on any atom is 0.165 e. The highest BCUT2D eigenvalue weighted by Crippen LogP contribution is 2.38. The molecule has 3 aromatic heterocycles. The number of fused-ring (bicyclic) bond motifs is 1. The molecule has 0 radical (unpaired) electrons. The minimum atomic E-state index is -0.107. The van der Waals surface area contributed by atoms with E-state index >= 15 is 0 Å². The predicted molar refractivity (Wildman–Crippen MR) is 162 cm³/mol. The van der Waals surface area contributed by atoms with E-state index in [0.717, 1.165) is 62.5 Å². The average Bonchev–Trinajstić information content (AvgIpc) is 3.37. The second-order valence-electron chi connectivity index (χ2n) is 11.7. The zero-order chi connectivity index (χ0) is 29.3. The molecular formula is C32H34ClN7O2. The van der Waals surface area contributed by atoms with Crippen molar-refractivity contribution in [1.82, 2.24) is 24.5 Å². The molecule has 2 aliphatic heterocycles. The molecule has 0 spiro atoms. The fraction of sp³-hybridized carbons (Fsp3) is 0.406. The number of hydrogen-bond donors (Lipinski definition) is 0. The molecule has 5 heterocycles. The summed E-state index contributed by atoms with van der Waals surface area (Å²) in [6.07, 6.45) is 10.3. The fourth-order valence-corrected chi connectivity index (χ4v) is 6.22. The van der Waals surface area contributed by atoms with E-state index in [4.69, 9.17) is 26.3 Å². The Labute approximate surface area is 250 Å². The fourth-order valence-electron chi connectivity index (χ4n) is 5.89. The average molecular weight is 584 g/mol. The second kappa shape index (κ2) is 11.7. The monoisotopic (exact) mass is 583 g/mol. The van der Waals surface area contributed by atoms with Crippen LogP contribution < -0.4 is 9.64 Å². The van der Waals surface area contributed by atoms with Crippen molar-refractivity contribution in [2.24, 2.45) is 5.41 Å². The quantitative estimate of drug-likeness (QED) is 0.235. The summed E-state index contributed by atoms with van der Waals surface area (Å²) in [5.41, 5.74) is 4.01. The topological polar surface area (TPSA) is 99.7 Å². The number of ketones is 1. The SMILES string of the molecule is Cc1cccc(Cl)c1C(=O)CC1(C)CCN(c2cnc(-c3cc(OCCN4CCC4)cn4ncc(C#N)c34)cn2)CC1. The molecule has 0 N–H and O–H groups in total. The zero-order valence-corrected chi connectivity index (χ0v) is 24.8. The highest BCUT2D eigenvalue weighted by molar-refractivity contribution is 6.34. The number of ether oxygens (including phenoxy) is 1. The standard InChI is InChI=1S/C32H34ClN7O2/c1-22-5-3-6-26(33)30(22)28(41)16-32(2)7-11-39(12-8-32)29-20-35-27(19-36-29)25-15-24(42-14-13-38-9-4-10-38)21-40-31(25)23(17-34)18-37-40/h3,5-6,15,18-21H,4,7-14,16H2,1-2H3. The largest absolute Gasteiger partial charge is 0.491 e. The van der Waals surface area contributed by atoms with Gasteiger partial charge >= 0.3 is 0 Å². The molecule has 9 nitrogen and oxygen atoms in total. The summed E-state index contributed by atoms with van der Waals surface area (Å²) >= 11 is 6.37. The molecule has 0 atom stereocenters. The third-order valence-corrected chi connectivity index (χ3v) is 8.94. The second-order valence-corrected chi connectivity index (χ2v) is 12.1. The van der Waals surface area contributed by atoms with Crippen LogP contribution in [0.2, 0.25) is 5.02 Å². The van der Waals surface area contributed by atoms with Gasteiger partial charge in [-0.05, 0) is 62.4 Å². The van der Waals surface area contributed by atoms with Gasteiger partial charge in [0, 0.05) is 37.2 Å². The number of anilines is 1. The van der Waals surface area contributed by atoms with Gasteiger partial charge in [0.2, 0.25) is 0 Å². The molecule has 10 heteroatoms. The molecule has 1 aromatic carbocycles. The molecule has 0 aliphatic carbocycles. The summed E-state index contributed by atoms with van der Waals surface area (Å²) in [6, 6.07) is 9.75. The Morgan fingerprint density at radius 1 is 1.14 bits per heavy atom. The van der Waals surface area contributed by atoms with Gasteiger partial charge in [0.05, 0.1) is 46.6 Å². The Hall–Kier alpha value is -4.00. The summed E-state index contributed by atoms with van der Waals surface area (Å²) in [6.45, 7) is 9.39. The van der Waals surface area contributed by atoms with Gasteiger partial charge in [0.1, 0.15) is 24.2 Å². The Morgan fingerprint density at radius 3 is 2.62 bits per heavy atom. The van der Waals surface area contributed by atoms with Crippen LogP contribution in [0.1, 0.15) is 54.1 Å². The van der Waals surface area contributed by atoms with Crippen molar-refractivity contribution in [1.29, 1.82) is 5.26 Å². The molecule has 2 aliphatic rings. The lowest BCUT2D eigenvalue weighted by atomic mass is 9.75. The predicted octanol–water partition coefficient (Wildman–Crippen LogP) is 5.59. The molecular weight excluding hydrogens is 550 g/mol. The van der Waals surface area contributed by atoms with Crippen molar-refractivity contribution in [3.05, 3.63) is 70.8 Å². The number of piperidine rings is 1. The molecule has 0 saturated carbocycles. The normalized spacial score (nSPS) is 16.7. The van der Waals surface area contributed by atoms with Crippen LogP contribution >= 0.6 is 11.6 Å². The number of aryl methyl sites for hydroxylation is 1. The number of benzene rings is 1. The van der Waals surface area contributed by atoms with Crippen molar-refractivity contribution in [2.75, 3.05) is 44.2 Å². The number of carbonyl (C=O) groups excluding carboxylic acids is 1. The van der Waals surface area contributed by atoms with Crippen molar-refractivity contribution in [3.8, 4) is 23.1 Å². The van der Waals surface area contributed by atoms with Gasteiger partial charge in [-0.3, -0.25) is 14.7 Å². The first-order valence-electron chi connectivity index (χ1n) is 14.5. The number of aromatic nitrogens is 4. The first kappa shape index (κ1) is 28.1. The number of halogens is 1. The highest BCUT2D eigenvalue weighted by atomic mass is 35.5. The summed E-state index contributed by atoms with van der Waals surface area (Å²) < 4.78 is 7.74. The number of likely N-dealkylation sites (tertiary alicyclic amines) is 1. The lowest BCUT2D eigenvalue weighted by Crippen LogP contribution is -2.40. The summed E-state index contributed by atoms with van der Waals surface area (Å²) in [4.78, 5) is 27.3. The van der Waals surface area contributed by atoms with Crippen LogP contribution in [0.15, 0.2) is 49.1 Å².